The summed E-state index contributed by atoms with van der Waals surface area (Å²) in [7, 11) is 0. The number of carbonyl (C=O) groups is 3. The molecule has 5 N–H and O–H groups in total. The molecule has 2 amide bonds. The van der Waals surface area contributed by atoms with Crippen molar-refractivity contribution in [2.75, 3.05) is 18.0 Å². The van der Waals surface area contributed by atoms with Gasteiger partial charge in [-0.3, -0.25) is 9.59 Å². The average molecular weight is 660 g/mol. The van der Waals surface area contributed by atoms with Crippen LogP contribution < -0.4 is 16.0 Å². The number of nitrogens with zero attached hydrogens (tertiary/aromatic N) is 2. The number of anilines is 1. The summed E-state index contributed by atoms with van der Waals surface area (Å²) in [5.74, 6) is 1.85. The van der Waals surface area contributed by atoms with E-state index >= 15 is 4.39 Å². The van der Waals surface area contributed by atoms with Crippen molar-refractivity contribution < 1.29 is 37.1 Å². The molecule has 0 spiro atoms. The number of benzene rings is 1. The highest BCUT2D eigenvalue weighted by atomic mass is 32.1. The van der Waals surface area contributed by atoms with Gasteiger partial charge >= 0.3 is 12.1 Å². The lowest BCUT2D eigenvalue weighted by molar-refractivity contribution is -0.192. The van der Waals surface area contributed by atoms with E-state index in [-0.39, 0.29) is 24.1 Å². The molecule has 0 unspecified atom stereocenters. The summed E-state index contributed by atoms with van der Waals surface area (Å²) in [5, 5.41) is 12.4. The first-order valence-corrected chi connectivity index (χ1v) is 15.3. The van der Waals surface area contributed by atoms with Gasteiger partial charge in [0.2, 0.25) is 0 Å². The molecule has 0 radical (unpaired) electrons. The molecule has 2 aromatic heterocycles. The second-order valence-corrected chi connectivity index (χ2v) is 12.1. The van der Waals surface area contributed by atoms with Crippen LogP contribution in [0.3, 0.4) is 0 Å². The van der Waals surface area contributed by atoms with Crippen molar-refractivity contribution >= 4 is 46.5 Å². The largest absolute Gasteiger partial charge is 0.490 e. The number of aryl methyl sites for hydroxylation is 3. The Hall–Kier alpha value is -4.48. The fourth-order valence-electron chi connectivity index (χ4n) is 5.29. The SMILES string of the molecule is Cc1csc(C#CCNC(=O)c2cc3c(cc2F)/C(=C/c2[nH]c(C)cc2C)C(=O)N3CC2CCC(N)CC2)n1.O=C(O)C(F)(F)F. The van der Waals surface area contributed by atoms with Crippen molar-refractivity contribution in [3.8, 4) is 11.8 Å². The molecule has 1 aliphatic carbocycles. The number of hydrogen-bond donors (Lipinski definition) is 4. The number of carboxylic acid groups (broad SMARTS) is 1. The van der Waals surface area contributed by atoms with Gasteiger partial charge in [-0.05, 0) is 88.1 Å². The van der Waals surface area contributed by atoms with Crippen LogP contribution in [0.2, 0.25) is 0 Å². The maximum absolute atomic E-state index is 15.3. The lowest BCUT2D eigenvalue weighted by Gasteiger charge is -2.30. The van der Waals surface area contributed by atoms with E-state index < -0.39 is 23.9 Å². The summed E-state index contributed by atoms with van der Waals surface area (Å²) in [6, 6.07) is 5.00. The van der Waals surface area contributed by atoms with Gasteiger partial charge in [0.25, 0.3) is 11.8 Å². The van der Waals surface area contributed by atoms with Gasteiger partial charge in [-0.1, -0.05) is 5.92 Å². The molecule has 1 aliphatic heterocycles. The number of alkyl halides is 3. The van der Waals surface area contributed by atoms with E-state index in [0.29, 0.717) is 34.3 Å². The van der Waals surface area contributed by atoms with Crippen molar-refractivity contribution in [3.63, 3.8) is 0 Å². The van der Waals surface area contributed by atoms with Crippen LogP contribution in [0.15, 0.2) is 23.6 Å². The summed E-state index contributed by atoms with van der Waals surface area (Å²) in [6.07, 6.45) is 0.402. The first kappa shape index (κ1) is 34.4. The Morgan fingerprint density at radius 3 is 2.43 bits per heavy atom. The zero-order chi connectivity index (χ0) is 33.8. The second-order valence-electron chi connectivity index (χ2n) is 11.2. The summed E-state index contributed by atoms with van der Waals surface area (Å²) < 4.78 is 47.1. The molecule has 2 aliphatic rings. The van der Waals surface area contributed by atoms with E-state index in [1.165, 1.54) is 23.5 Å². The van der Waals surface area contributed by atoms with Crippen LogP contribution in [0.1, 0.15) is 69.3 Å². The predicted octanol–water partition coefficient (Wildman–Crippen LogP) is 5.36. The minimum absolute atomic E-state index is 0.0512. The van der Waals surface area contributed by atoms with Crippen molar-refractivity contribution in [2.24, 2.45) is 11.7 Å². The van der Waals surface area contributed by atoms with E-state index in [1.807, 2.05) is 32.2 Å². The molecule has 1 aromatic carbocycles. The van der Waals surface area contributed by atoms with Gasteiger partial charge in [0.05, 0.1) is 23.4 Å². The van der Waals surface area contributed by atoms with Gasteiger partial charge in [0.1, 0.15) is 5.82 Å². The molecule has 3 aromatic rings. The highest BCUT2D eigenvalue weighted by molar-refractivity contribution is 7.10. The van der Waals surface area contributed by atoms with Crippen LogP contribution in [0.25, 0.3) is 11.6 Å². The molecule has 0 saturated heterocycles. The lowest BCUT2D eigenvalue weighted by Crippen LogP contribution is -2.36. The number of carbonyl (C=O) groups excluding carboxylic acids is 2. The summed E-state index contributed by atoms with van der Waals surface area (Å²) in [4.78, 5) is 44.8. The highest BCUT2D eigenvalue weighted by Crippen LogP contribution is 2.41. The van der Waals surface area contributed by atoms with E-state index in [4.69, 9.17) is 15.6 Å². The summed E-state index contributed by atoms with van der Waals surface area (Å²) in [6.45, 7) is 6.36. The monoisotopic (exact) mass is 659 g/mol. The van der Waals surface area contributed by atoms with Gasteiger partial charge in [-0.15, -0.1) is 11.3 Å². The Morgan fingerprint density at radius 1 is 1.20 bits per heavy atom. The topological polar surface area (TPSA) is 141 Å². The molecule has 5 rings (SSSR count). The quantitative estimate of drug-likeness (QED) is 0.165. The van der Waals surface area contributed by atoms with Gasteiger partial charge in [0, 0.05) is 40.6 Å². The maximum Gasteiger partial charge on any atom is 0.490 e. The molecule has 244 valence electrons. The molecule has 3 heterocycles. The second kappa shape index (κ2) is 14.3. The lowest BCUT2D eigenvalue weighted by atomic mass is 9.86. The number of nitrogens with two attached hydrogens (primary N) is 1. The first-order valence-electron chi connectivity index (χ1n) is 14.4. The molecule has 1 fully saturated rings. The smallest absolute Gasteiger partial charge is 0.475 e. The number of fused-ring (bicyclic) bond motifs is 1. The number of hydrogen-bond acceptors (Lipinski definition) is 6. The van der Waals surface area contributed by atoms with Gasteiger partial charge in [0.15, 0.2) is 5.01 Å². The Balaban J connectivity index is 0.000000617. The van der Waals surface area contributed by atoms with E-state index in [0.717, 1.165) is 48.3 Å². The number of amides is 2. The van der Waals surface area contributed by atoms with Gasteiger partial charge < -0.3 is 26.0 Å². The number of halogens is 4. The Kier molecular flexibility index (Phi) is 10.7. The third-order valence-electron chi connectivity index (χ3n) is 7.59. The molecule has 0 bridgehead atoms. The van der Waals surface area contributed by atoms with E-state index in [9.17, 15) is 22.8 Å². The summed E-state index contributed by atoms with van der Waals surface area (Å²) in [5.41, 5.74) is 11.1. The molecule has 0 atom stereocenters. The minimum atomic E-state index is -5.08. The van der Waals surface area contributed by atoms with E-state index in [2.05, 4.69) is 27.1 Å². The van der Waals surface area contributed by atoms with Crippen molar-refractivity contribution in [1.82, 2.24) is 15.3 Å². The van der Waals surface area contributed by atoms with Crippen molar-refractivity contribution in [1.29, 1.82) is 0 Å². The van der Waals surface area contributed by atoms with Crippen LogP contribution >= 0.6 is 11.3 Å². The normalized spacial score (nSPS) is 18.4. The molecular formula is C32H33F4N5O4S. The number of aromatic amines is 1. The molecule has 14 heteroatoms. The zero-order valence-corrected chi connectivity index (χ0v) is 26.2. The number of aromatic nitrogens is 2. The number of nitrogens with one attached hydrogen (secondary N) is 2. The third-order valence-corrected chi connectivity index (χ3v) is 8.47. The summed E-state index contributed by atoms with van der Waals surface area (Å²) >= 11 is 1.43. The van der Waals surface area contributed by atoms with Gasteiger partial charge in [-0.25, -0.2) is 14.2 Å². The van der Waals surface area contributed by atoms with Crippen LogP contribution in [-0.4, -0.2) is 58.2 Å². The predicted molar refractivity (Wildman–Crippen MR) is 167 cm³/mol. The number of rotatable bonds is 5. The van der Waals surface area contributed by atoms with Crippen LogP contribution in [0.5, 0.6) is 0 Å². The Bertz CT molecular complexity index is 1730. The van der Waals surface area contributed by atoms with Crippen molar-refractivity contribution in [3.05, 3.63) is 68.2 Å². The third kappa shape index (κ3) is 8.41. The highest BCUT2D eigenvalue weighted by Gasteiger charge is 2.38. The molecule has 1 saturated carbocycles. The first-order chi connectivity index (χ1) is 21.6. The number of aliphatic carboxylic acids is 1. The fourth-order valence-corrected chi connectivity index (χ4v) is 5.95. The number of H-pyrrole nitrogens is 1. The standard InChI is InChI=1S/C30H32FN5O2S.C2HF3O2/c1-17-11-18(2)34-26(17)13-23-22-12-25(31)24(29(37)33-10-4-5-28-35-19(3)16-39-28)14-27(22)36(30(23)38)15-20-6-8-21(32)9-7-20;3-2(4,5)1(6)7/h11-14,16,20-21,34H,6-10,15,32H2,1-3H3,(H,33,37);(H,6,7)/b23-13-;. The maximum atomic E-state index is 15.3. The zero-order valence-electron chi connectivity index (χ0n) is 25.3. The molecule has 46 heavy (non-hydrogen) atoms. The van der Waals surface area contributed by atoms with Crippen LogP contribution in [0.4, 0.5) is 23.2 Å². The van der Waals surface area contributed by atoms with Crippen molar-refractivity contribution in [2.45, 2.75) is 58.7 Å². The van der Waals surface area contributed by atoms with Gasteiger partial charge in [-0.2, -0.15) is 13.2 Å². The van der Waals surface area contributed by atoms with E-state index in [1.54, 1.807) is 11.0 Å². The number of thiazole rings is 1. The molecular weight excluding hydrogens is 626 g/mol. The minimum Gasteiger partial charge on any atom is -0.475 e. The Morgan fingerprint density at radius 2 is 1.87 bits per heavy atom. The number of carboxylic acids is 1. The average Bonchev–Trinajstić information content (AvgIpc) is 3.62. The Labute approximate surface area is 266 Å². The fraction of sp³-hybridized carbons (Fsp3) is 0.375. The molecule has 9 nitrogen and oxygen atoms in total. The van der Waals surface area contributed by atoms with Crippen LogP contribution in [0, 0.1) is 44.3 Å². The van der Waals surface area contributed by atoms with Crippen LogP contribution in [-0.2, 0) is 9.59 Å².